The van der Waals surface area contributed by atoms with Crippen molar-refractivity contribution in [1.82, 2.24) is 4.90 Å². The molecule has 0 radical (unpaired) electrons. The van der Waals surface area contributed by atoms with Crippen molar-refractivity contribution in [2.75, 3.05) is 6.54 Å². The average Bonchev–Trinajstić information content (AvgIpc) is 2.92. The molecule has 1 aromatic carbocycles. The summed E-state index contributed by atoms with van der Waals surface area (Å²) < 4.78 is 10.3. The standard InChI is InChI=1S/C25H35NO6/c1-9-25(7,8)21-20(24(4,5)6)22(29)26(23(21)30)13-12-17-10-11-18(31-15(2)27)19(14-17)32-16(3)28/h10-11,14,20-21H,9,12-13H2,1-8H3. The Hall–Kier alpha value is -2.70. The van der Waals surface area contributed by atoms with E-state index in [1.54, 1.807) is 18.2 Å². The second kappa shape index (κ2) is 9.43. The molecule has 0 aromatic heterocycles. The number of likely N-dealkylation sites (tertiary alicyclic amines) is 1. The van der Waals surface area contributed by atoms with E-state index in [4.69, 9.17) is 9.47 Å². The smallest absolute Gasteiger partial charge is 0.308 e. The minimum absolute atomic E-state index is 0.126. The summed E-state index contributed by atoms with van der Waals surface area (Å²) in [4.78, 5) is 50.8. The summed E-state index contributed by atoms with van der Waals surface area (Å²) in [5.41, 5.74) is 0.115. The van der Waals surface area contributed by atoms with E-state index < -0.39 is 11.9 Å². The number of imide groups is 1. The summed E-state index contributed by atoms with van der Waals surface area (Å²) in [7, 11) is 0. The molecule has 0 aliphatic carbocycles. The fourth-order valence-electron chi connectivity index (χ4n) is 4.25. The van der Waals surface area contributed by atoms with E-state index in [2.05, 4.69) is 0 Å². The van der Waals surface area contributed by atoms with Crippen LogP contribution < -0.4 is 9.47 Å². The van der Waals surface area contributed by atoms with Gasteiger partial charge in [0, 0.05) is 20.4 Å². The Morgan fingerprint density at radius 2 is 1.44 bits per heavy atom. The first-order valence-corrected chi connectivity index (χ1v) is 11.0. The zero-order chi connectivity index (χ0) is 24.4. The number of carbonyl (C=O) groups is 4. The first-order chi connectivity index (χ1) is 14.7. The Kier molecular flexibility index (Phi) is 7.53. The van der Waals surface area contributed by atoms with Crippen LogP contribution in [0.3, 0.4) is 0 Å². The first kappa shape index (κ1) is 25.6. The molecule has 1 saturated heterocycles. The number of rotatable bonds is 7. The quantitative estimate of drug-likeness (QED) is 0.356. The minimum atomic E-state index is -0.543. The Labute approximate surface area is 190 Å². The van der Waals surface area contributed by atoms with Crippen molar-refractivity contribution in [3.8, 4) is 11.5 Å². The summed E-state index contributed by atoms with van der Waals surface area (Å²) in [6, 6.07) is 4.87. The van der Waals surface area contributed by atoms with Gasteiger partial charge in [-0.15, -0.1) is 0 Å². The van der Waals surface area contributed by atoms with E-state index in [1.807, 2.05) is 41.5 Å². The average molecular weight is 446 g/mol. The van der Waals surface area contributed by atoms with Crippen molar-refractivity contribution in [1.29, 1.82) is 0 Å². The predicted molar refractivity (Wildman–Crippen MR) is 120 cm³/mol. The van der Waals surface area contributed by atoms with E-state index >= 15 is 0 Å². The van der Waals surface area contributed by atoms with Gasteiger partial charge in [-0.1, -0.05) is 54.0 Å². The Bertz CT molecular complexity index is 911. The monoisotopic (exact) mass is 445 g/mol. The molecule has 0 bridgehead atoms. The van der Waals surface area contributed by atoms with Gasteiger partial charge in [-0.2, -0.15) is 0 Å². The molecule has 7 heteroatoms. The SMILES string of the molecule is CCC(C)(C)C1C(=O)N(CCc2ccc(OC(C)=O)c(OC(C)=O)c2)C(=O)C1C(C)(C)C. The molecule has 1 aliphatic heterocycles. The topological polar surface area (TPSA) is 90.0 Å². The molecule has 32 heavy (non-hydrogen) atoms. The van der Waals surface area contributed by atoms with Crippen molar-refractivity contribution in [2.24, 2.45) is 22.7 Å². The summed E-state index contributed by atoms with van der Waals surface area (Å²) in [5, 5.41) is 0. The van der Waals surface area contributed by atoms with Gasteiger partial charge in [-0.25, -0.2) is 0 Å². The van der Waals surface area contributed by atoms with Gasteiger partial charge < -0.3 is 9.47 Å². The number of esters is 2. The van der Waals surface area contributed by atoms with Gasteiger partial charge in [0.25, 0.3) is 0 Å². The zero-order valence-corrected chi connectivity index (χ0v) is 20.4. The maximum Gasteiger partial charge on any atom is 0.308 e. The number of hydrogen-bond donors (Lipinski definition) is 0. The molecule has 0 spiro atoms. The molecule has 176 valence electrons. The number of carbonyl (C=O) groups excluding carboxylic acids is 4. The van der Waals surface area contributed by atoms with Crippen LogP contribution in [-0.2, 0) is 25.6 Å². The summed E-state index contributed by atoms with van der Waals surface area (Å²) >= 11 is 0. The second-order valence-corrected chi connectivity index (χ2v) is 10.2. The largest absolute Gasteiger partial charge is 0.423 e. The fraction of sp³-hybridized carbons (Fsp3) is 0.600. The third-order valence-corrected chi connectivity index (χ3v) is 6.22. The highest BCUT2D eigenvalue weighted by molar-refractivity contribution is 6.05. The van der Waals surface area contributed by atoms with Gasteiger partial charge in [0.15, 0.2) is 11.5 Å². The molecule has 0 N–H and O–H groups in total. The number of hydrogen-bond acceptors (Lipinski definition) is 6. The summed E-state index contributed by atoms with van der Waals surface area (Å²) in [6.07, 6.45) is 1.18. The van der Waals surface area contributed by atoms with Crippen LogP contribution in [0.25, 0.3) is 0 Å². The van der Waals surface area contributed by atoms with Crippen molar-refractivity contribution in [2.45, 2.75) is 68.2 Å². The van der Waals surface area contributed by atoms with Gasteiger partial charge in [-0.05, 0) is 34.9 Å². The van der Waals surface area contributed by atoms with Crippen LogP contribution in [0.1, 0.15) is 67.4 Å². The third-order valence-electron chi connectivity index (χ3n) is 6.22. The molecule has 2 atom stereocenters. The van der Waals surface area contributed by atoms with Crippen molar-refractivity contribution < 1.29 is 28.7 Å². The lowest BCUT2D eigenvalue weighted by molar-refractivity contribution is -0.141. The number of benzene rings is 1. The third kappa shape index (κ3) is 5.56. The number of amides is 2. The highest BCUT2D eigenvalue weighted by Crippen LogP contribution is 2.48. The lowest BCUT2D eigenvalue weighted by atomic mass is 9.64. The van der Waals surface area contributed by atoms with E-state index in [0.717, 1.165) is 12.0 Å². The molecule has 1 heterocycles. The predicted octanol–water partition coefficient (Wildman–Crippen LogP) is 4.16. The van der Waals surface area contributed by atoms with E-state index in [1.165, 1.54) is 18.7 Å². The van der Waals surface area contributed by atoms with Crippen molar-refractivity contribution >= 4 is 23.8 Å². The highest BCUT2D eigenvalue weighted by Gasteiger charge is 2.56. The van der Waals surface area contributed by atoms with Crippen LogP contribution in [0.4, 0.5) is 0 Å². The van der Waals surface area contributed by atoms with E-state index in [0.29, 0.717) is 6.42 Å². The Morgan fingerprint density at radius 1 is 0.906 bits per heavy atom. The van der Waals surface area contributed by atoms with Crippen LogP contribution in [-0.4, -0.2) is 35.2 Å². The van der Waals surface area contributed by atoms with Gasteiger partial charge in [0.2, 0.25) is 11.8 Å². The highest BCUT2D eigenvalue weighted by atomic mass is 16.6. The van der Waals surface area contributed by atoms with Crippen LogP contribution in [0.5, 0.6) is 11.5 Å². The van der Waals surface area contributed by atoms with E-state index in [9.17, 15) is 19.2 Å². The van der Waals surface area contributed by atoms with Crippen LogP contribution in [0.15, 0.2) is 18.2 Å². The molecule has 1 fully saturated rings. The normalized spacial score (nSPS) is 19.3. The summed E-state index contributed by atoms with van der Waals surface area (Å²) in [5.74, 6) is -1.82. The molecule has 1 aromatic rings. The van der Waals surface area contributed by atoms with Crippen LogP contribution in [0, 0.1) is 22.7 Å². The van der Waals surface area contributed by atoms with Gasteiger partial charge in [0.05, 0.1) is 11.8 Å². The number of nitrogens with zero attached hydrogens (tertiary/aromatic N) is 1. The molecule has 0 saturated carbocycles. The van der Waals surface area contributed by atoms with Crippen molar-refractivity contribution in [3.05, 3.63) is 23.8 Å². The molecule has 2 rings (SSSR count). The number of ether oxygens (including phenoxy) is 2. The molecule has 2 unspecified atom stereocenters. The maximum atomic E-state index is 13.4. The van der Waals surface area contributed by atoms with Gasteiger partial charge >= 0.3 is 11.9 Å². The summed E-state index contributed by atoms with van der Waals surface area (Å²) in [6.45, 7) is 14.9. The van der Waals surface area contributed by atoms with Crippen LogP contribution in [0.2, 0.25) is 0 Å². The fourth-order valence-corrected chi connectivity index (χ4v) is 4.25. The van der Waals surface area contributed by atoms with Gasteiger partial charge in [-0.3, -0.25) is 24.1 Å². The maximum absolute atomic E-state index is 13.4. The van der Waals surface area contributed by atoms with Crippen LogP contribution >= 0.6 is 0 Å². The van der Waals surface area contributed by atoms with Gasteiger partial charge in [0.1, 0.15) is 0 Å². The Balaban J connectivity index is 2.29. The van der Waals surface area contributed by atoms with Crippen molar-refractivity contribution in [3.63, 3.8) is 0 Å². The second-order valence-electron chi connectivity index (χ2n) is 10.2. The minimum Gasteiger partial charge on any atom is -0.423 e. The molecule has 1 aliphatic rings. The lowest BCUT2D eigenvalue weighted by Crippen LogP contribution is -2.39. The molecule has 2 amide bonds. The zero-order valence-electron chi connectivity index (χ0n) is 20.4. The molecular weight excluding hydrogens is 410 g/mol. The first-order valence-electron chi connectivity index (χ1n) is 11.0. The lowest BCUT2D eigenvalue weighted by Gasteiger charge is -2.37. The molecule has 7 nitrogen and oxygen atoms in total. The molecular formula is C25H35NO6. The Morgan fingerprint density at radius 3 is 1.94 bits per heavy atom. The van der Waals surface area contributed by atoms with E-state index in [-0.39, 0.29) is 52.5 Å².